The topological polar surface area (TPSA) is 67.4 Å². The second-order valence-corrected chi connectivity index (χ2v) is 5.13. The molecule has 1 aliphatic heterocycles. The number of anilines is 1. The minimum atomic E-state index is -0.380. The Labute approximate surface area is 118 Å². The molecule has 0 unspecified atom stereocenters. The summed E-state index contributed by atoms with van der Waals surface area (Å²) < 4.78 is 4.63. The van der Waals surface area contributed by atoms with Crippen LogP contribution in [0.3, 0.4) is 0 Å². The third kappa shape index (κ3) is 3.57. The van der Waals surface area contributed by atoms with Crippen LogP contribution in [0, 0.1) is 5.92 Å². The fourth-order valence-electron chi connectivity index (χ4n) is 2.42. The highest BCUT2D eigenvalue weighted by molar-refractivity contribution is 5.94. The van der Waals surface area contributed by atoms with Crippen molar-refractivity contribution in [2.45, 2.75) is 25.8 Å². The highest BCUT2D eigenvalue weighted by Gasteiger charge is 2.24. The number of methoxy groups -OCH3 is 1. The minimum Gasteiger partial charge on any atom is -0.465 e. The van der Waals surface area contributed by atoms with Gasteiger partial charge in [-0.25, -0.2) is 4.79 Å². The molecule has 5 heteroatoms. The molecule has 0 aromatic heterocycles. The molecule has 2 N–H and O–H groups in total. The molecular weight excluding hydrogens is 256 g/mol. The van der Waals surface area contributed by atoms with Crippen molar-refractivity contribution in [3.8, 4) is 0 Å². The van der Waals surface area contributed by atoms with Crippen LogP contribution >= 0.6 is 0 Å². The van der Waals surface area contributed by atoms with Gasteiger partial charge >= 0.3 is 5.97 Å². The van der Waals surface area contributed by atoms with Gasteiger partial charge in [-0.15, -0.1) is 0 Å². The molecule has 2 atom stereocenters. The lowest BCUT2D eigenvalue weighted by atomic mass is 9.92. The van der Waals surface area contributed by atoms with E-state index in [9.17, 15) is 9.59 Å². The van der Waals surface area contributed by atoms with Crippen molar-refractivity contribution in [2.24, 2.45) is 5.92 Å². The third-order valence-electron chi connectivity index (χ3n) is 3.57. The molecule has 1 aromatic rings. The van der Waals surface area contributed by atoms with E-state index in [1.165, 1.54) is 7.11 Å². The molecule has 0 spiro atoms. The Hall–Kier alpha value is -1.88. The van der Waals surface area contributed by atoms with Crippen molar-refractivity contribution in [3.05, 3.63) is 29.8 Å². The number of hydrogen-bond donors (Lipinski definition) is 2. The molecule has 1 heterocycles. The van der Waals surface area contributed by atoms with Gasteiger partial charge < -0.3 is 15.4 Å². The van der Waals surface area contributed by atoms with E-state index in [4.69, 9.17) is 0 Å². The van der Waals surface area contributed by atoms with Gasteiger partial charge in [-0.2, -0.15) is 0 Å². The molecule has 1 aliphatic rings. The standard InChI is InChI=1S/C15H20N2O3/c1-10-9-12(7-8-16-10)14(18)17-13-5-3-11(4-6-13)15(19)20-2/h3-6,10,12,16H,7-9H2,1-2H3,(H,17,18)/t10-,12-/m0/s1. The van der Waals surface area contributed by atoms with Gasteiger partial charge in [0, 0.05) is 17.6 Å². The Morgan fingerprint density at radius 3 is 2.60 bits per heavy atom. The van der Waals surface area contributed by atoms with Crippen molar-refractivity contribution in [2.75, 3.05) is 19.0 Å². The van der Waals surface area contributed by atoms with Gasteiger partial charge in [0.15, 0.2) is 0 Å². The molecule has 108 valence electrons. The summed E-state index contributed by atoms with van der Waals surface area (Å²) >= 11 is 0. The SMILES string of the molecule is COC(=O)c1ccc(NC(=O)[C@H]2CCN[C@@H](C)C2)cc1. The van der Waals surface area contributed by atoms with Crippen molar-refractivity contribution in [1.29, 1.82) is 0 Å². The first-order valence-electron chi connectivity index (χ1n) is 6.82. The van der Waals surface area contributed by atoms with E-state index < -0.39 is 0 Å². The van der Waals surface area contributed by atoms with Gasteiger partial charge in [0.05, 0.1) is 12.7 Å². The summed E-state index contributed by atoms with van der Waals surface area (Å²) in [6.45, 7) is 2.96. The molecule has 0 saturated carbocycles. The van der Waals surface area contributed by atoms with E-state index in [1.807, 2.05) is 0 Å². The summed E-state index contributed by atoms with van der Waals surface area (Å²) in [5.74, 6) is -0.286. The van der Waals surface area contributed by atoms with Crippen molar-refractivity contribution < 1.29 is 14.3 Å². The van der Waals surface area contributed by atoms with Crippen LogP contribution in [0.2, 0.25) is 0 Å². The van der Waals surface area contributed by atoms with E-state index in [2.05, 4.69) is 22.3 Å². The van der Waals surface area contributed by atoms with Gasteiger partial charge in [0.2, 0.25) is 5.91 Å². The number of hydrogen-bond acceptors (Lipinski definition) is 4. The molecular formula is C15H20N2O3. The Morgan fingerprint density at radius 2 is 2.00 bits per heavy atom. The molecule has 1 amide bonds. The first kappa shape index (κ1) is 14.5. The molecule has 0 bridgehead atoms. The lowest BCUT2D eigenvalue weighted by Gasteiger charge is -2.27. The van der Waals surface area contributed by atoms with Crippen molar-refractivity contribution in [3.63, 3.8) is 0 Å². The molecule has 5 nitrogen and oxygen atoms in total. The number of ether oxygens (including phenoxy) is 1. The lowest BCUT2D eigenvalue weighted by molar-refractivity contribution is -0.120. The lowest BCUT2D eigenvalue weighted by Crippen LogP contribution is -2.40. The zero-order valence-electron chi connectivity index (χ0n) is 11.8. The predicted octanol–water partition coefficient (Wildman–Crippen LogP) is 1.80. The number of rotatable bonds is 3. The first-order chi connectivity index (χ1) is 9.60. The van der Waals surface area contributed by atoms with Crippen LogP contribution in [0.25, 0.3) is 0 Å². The summed E-state index contributed by atoms with van der Waals surface area (Å²) in [5, 5.41) is 6.22. The Bertz CT molecular complexity index is 484. The fourth-order valence-corrected chi connectivity index (χ4v) is 2.42. The van der Waals surface area contributed by atoms with Gasteiger partial charge in [0.25, 0.3) is 0 Å². The number of esters is 1. The van der Waals surface area contributed by atoms with Gasteiger partial charge in [0.1, 0.15) is 0 Å². The molecule has 0 aliphatic carbocycles. The highest BCUT2D eigenvalue weighted by Crippen LogP contribution is 2.19. The maximum atomic E-state index is 12.2. The number of carbonyl (C=O) groups is 2. The smallest absolute Gasteiger partial charge is 0.337 e. The van der Waals surface area contributed by atoms with Crippen LogP contribution in [0.4, 0.5) is 5.69 Å². The maximum absolute atomic E-state index is 12.2. The summed E-state index contributed by atoms with van der Waals surface area (Å²) in [5.41, 5.74) is 1.18. The number of nitrogens with one attached hydrogen (secondary N) is 2. The summed E-state index contributed by atoms with van der Waals surface area (Å²) in [7, 11) is 1.34. The second kappa shape index (κ2) is 6.52. The number of benzene rings is 1. The fraction of sp³-hybridized carbons (Fsp3) is 0.467. The zero-order chi connectivity index (χ0) is 14.5. The highest BCUT2D eigenvalue weighted by atomic mass is 16.5. The normalized spacial score (nSPS) is 22.1. The molecule has 1 fully saturated rings. The monoisotopic (exact) mass is 276 g/mol. The minimum absolute atomic E-state index is 0.0455. The Kier molecular flexibility index (Phi) is 4.74. The van der Waals surface area contributed by atoms with E-state index in [-0.39, 0.29) is 17.8 Å². The van der Waals surface area contributed by atoms with Gasteiger partial charge in [-0.1, -0.05) is 0 Å². The van der Waals surface area contributed by atoms with Crippen LogP contribution in [0.1, 0.15) is 30.1 Å². The molecule has 1 saturated heterocycles. The Morgan fingerprint density at radius 1 is 1.30 bits per heavy atom. The van der Waals surface area contributed by atoms with Crippen LogP contribution in [0.15, 0.2) is 24.3 Å². The summed E-state index contributed by atoms with van der Waals surface area (Å²) in [4.78, 5) is 23.5. The number of amides is 1. The van der Waals surface area contributed by atoms with E-state index in [0.29, 0.717) is 17.3 Å². The zero-order valence-corrected chi connectivity index (χ0v) is 11.8. The molecule has 20 heavy (non-hydrogen) atoms. The largest absolute Gasteiger partial charge is 0.465 e. The van der Waals surface area contributed by atoms with Crippen LogP contribution in [-0.2, 0) is 9.53 Å². The van der Waals surface area contributed by atoms with Gasteiger partial charge in [-0.05, 0) is 50.6 Å². The third-order valence-corrected chi connectivity index (χ3v) is 3.57. The maximum Gasteiger partial charge on any atom is 0.337 e. The molecule has 0 radical (unpaired) electrons. The first-order valence-corrected chi connectivity index (χ1v) is 6.82. The molecule has 2 rings (SSSR count). The number of piperidine rings is 1. The van der Waals surface area contributed by atoms with E-state index in [1.54, 1.807) is 24.3 Å². The van der Waals surface area contributed by atoms with Crippen molar-refractivity contribution in [1.82, 2.24) is 5.32 Å². The van der Waals surface area contributed by atoms with Gasteiger partial charge in [-0.3, -0.25) is 4.79 Å². The average Bonchev–Trinajstić information content (AvgIpc) is 2.47. The van der Waals surface area contributed by atoms with E-state index in [0.717, 1.165) is 19.4 Å². The van der Waals surface area contributed by atoms with Crippen LogP contribution in [0.5, 0.6) is 0 Å². The second-order valence-electron chi connectivity index (χ2n) is 5.13. The van der Waals surface area contributed by atoms with Crippen molar-refractivity contribution >= 4 is 17.6 Å². The van der Waals surface area contributed by atoms with E-state index >= 15 is 0 Å². The summed E-state index contributed by atoms with van der Waals surface area (Å²) in [6.07, 6.45) is 1.71. The number of carbonyl (C=O) groups excluding carboxylic acids is 2. The van der Waals surface area contributed by atoms with Crippen LogP contribution < -0.4 is 10.6 Å². The quantitative estimate of drug-likeness (QED) is 0.826. The Balaban J connectivity index is 1.95. The molecule has 1 aromatic carbocycles. The summed E-state index contributed by atoms with van der Waals surface area (Å²) in [6, 6.07) is 7.10. The average molecular weight is 276 g/mol. The predicted molar refractivity (Wildman–Crippen MR) is 76.6 cm³/mol. The van der Waals surface area contributed by atoms with Crippen LogP contribution in [-0.4, -0.2) is 31.6 Å².